The molecule has 0 atom stereocenters. The molecule has 1 amide bonds. The molecular formula is C13H11N3O2. The lowest BCUT2D eigenvalue weighted by molar-refractivity contribution is -0.114. The van der Waals surface area contributed by atoms with Gasteiger partial charge >= 0.3 is 0 Å². The van der Waals surface area contributed by atoms with Crippen LogP contribution in [0.2, 0.25) is 0 Å². The minimum absolute atomic E-state index is 0.425. The van der Waals surface area contributed by atoms with Gasteiger partial charge in [0.2, 0.25) is 0 Å². The summed E-state index contributed by atoms with van der Waals surface area (Å²) in [6.45, 7) is 1.02. The second-order valence-electron chi connectivity index (χ2n) is 4.07. The first-order valence-electron chi connectivity index (χ1n) is 5.70. The van der Waals surface area contributed by atoms with Crippen molar-refractivity contribution in [3.63, 3.8) is 0 Å². The molecule has 90 valence electrons. The Morgan fingerprint density at radius 1 is 1.06 bits per heavy atom. The Hall–Kier alpha value is -2.43. The van der Waals surface area contributed by atoms with E-state index in [0.29, 0.717) is 24.3 Å². The molecule has 1 aliphatic rings. The predicted octanol–water partition coefficient (Wildman–Crippen LogP) is 1.11. The van der Waals surface area contributed by atoms with Crippen LogP contribution in [0.1, 0.15) is 10.4 Å². The molecule has 5 heteroatoms. The van der Waals surface area contributed by atoms with E-state index in [2.05, 4.69) is 5.10 Å². The van der Waals surface area contributed by atoms with Gasteiger partial charge in [-0.3, -0.25) is 14.3 Å². The summed E-state index contributed by atoms with van der Waals surface area (Å²) in [4.78, 5) is 25.1. The highest BCUT2D eigenvalue weighted by molar-refractivity contribution is 6.52. The SMILES string of the molecule is O=C1C(=O)N(CCn2cccn2)c2ccccc21. The second kappa shape index (κ2) is 4.10. The molecule has 0 bridgehead atoms. The quantitative estimate of drug-likeness (QED) is 0.756. The zero-order valence-electron chi connectivity index (χ0n) is 9.61. The molecular weight excluding hydrogens is 230 g/mol. The number of aromatic nitrogens is 2. The Bertz CT molecular complexity index is 604. The van der Waals surface area contributed by atoms with Crippen LogP contribution in [0.25, 0.3) is 0 Å². The fourth-order valence-electron chi connectivity index (χ4n) is 2.11. The van der Waals surface area contributed by atoms with E-state index in [-0.39, 0.29) is 0 Å². The number of fused-ring (bicyclic) bond motifs is 1. The molecule has 2 heterocycles. The van der Waals surface area contributed by atoms with Crippen molar-refractivity contribution in [1.82, 2.24) is 9.78 Å². The van der Waals surface area contributed by atoms with Gasteiger partial charge in [0.15, 0.2) is 0 Å². The van der Waals surface area contributed by atoms with Gasteiger partial charge in [-0.15, -0.1) is 0 Å². The number of carbonyl (C=O) groups excluding carboxylic acids is 2. The normalized spacial score (nSPS) is 14.1. The Balaban J connectivity index is 1.84. The lowest BCUT2D eigenvalue weighted by atomic mass is 10.1. The van der Waals surface area contributed by atoms with E-state index in [1.807, 2.05) is 18.3 Å². The molecule has 0 saturated heterocycles. The number of hydrogen-bond donors (Lipinski definition) is 0. The van der Waals surface area contributed by atoms with Crippen LogP contribution >= 0.6 is 0 Å². The van der Waals surface area contributed by atoms with Gasteiger partial charge in [-0.2, -0.15) is 5.10 Å². The smallest absolute Gasteiger partial charge is 0.299 e. The summed E-state index contributed by atoms with van der Waals surface area (Å²) < 4.78 is 1.73. The van der Waals surface area contributed by atoms with Crippen LogP contribution in [0.4, 0.5) is 5.69 Å². The average molecular weight is 241 g/mol. The molecule has 2 aromatic rings. The monoisotopic (exact) mass is 241 g/mol. The number of para-hydroxylation sites is 1. The average Bonchev–Trinajstić information content (AvgIpc) is 2.98. The molecule has 1 aliphatic heterocycles. The number of amides is 1. The van der Waals surface area contributed by atoms with Crippen LogP contribution < -0.4 is 4.90 Å². The van der Waals surface area contributed by atoms with Gasteiger partial charge in [0.1, 0.15) is 0 Å². The Morgan fingerprint density at radius 2 is 1.89 bits per heavy atom. The van der Waals surface area contributed by atoms with Crippen LogP contribution in [0, 0.1) is 0 Å². The van der Waals surface area contributed by atoms with Gasteiger partial charge < -0.3 is 4.90 Å². The fourth-order valence-corrected chi connectivity index (χ4v) is 2.11. The Labute approximate surface area is 104 Å². The lowest BCUT2D eigenvalue weighted by Crippen LogP contribution is -2.32. The first-order valence-corrected chi connectivity index (χ1v) is 5.70. The predicted molar refractivity (Wildman–Crippen MR) is 65.4 cm³/mol. The summed E-state index contributed by atoms with van der Waals surface area (Å²) in [5.74, 6) is -0.880. The molecule has 0 radical (unpaired) electrons. The summed E-state index contributed by atoms with van der Waals surface area (Å²) in [5.41, 5.74) is 1.18. The third kappa shape index (κ3) is 1.60. The molecule has 5 nitrogen and oxygen atoms in total. The van der Waals surface area contributed by atoms with Crippen molar-refractivity contribution in [3.8, 4) is 0 Å². The van der Waals surface area contributed by atoms with Crippen LogP contribution in [0.3, 0.4) is 0 Å². The highest BCUT2D eigenvalue weighted by Crippen LogP contribution is 2.28. The lowest BCUT2D eigenvalue weighted by Gasteiger charge is -2.16. The maximum Gasteiger partial charge on any atom is 0.299 e. The van der Waals surface area contributed by atoms with Crippen molar-refractivity contribution in [1.29, 1.82) is 0 Å². The van der Waals surface area contributed by atoms with Crippen molar-refractivity contribution in [2.24, 2.45) is 0 Å². The van der Waals surface area contributed by atoms with E-state index >= 15 is 0 Å². The summed E-state index contributed by atoms with van der Waals surface area (Å²) >= 11 is 0. The molecule has 3 rings (SSSR count). The van der Waals surface area contributed by atoms with Gasteiger partial charge in [-0.05, 0) is 18.2 Å². The van der Waals surface area contributed by atoms with Gasteiger partial charge in [-0.25, -0.2) is 0 Å². The molecule has 1 aromatic carbocycles. The Kier molecular flexibility index (Phi) is 2.44. The molecule has 0 fully saturated rings. The van der Waals surface area contributed by atoms with Gasteiger partial charge in [0.05, 0.1) is 17.8 Å². The third-order valence-electron chi connectivity index (χ3n) is 2.99. The number of nitrogens with zero attached hydrogens (tertiary/aromatic N) is 3. The number of ketones is 1. The number of anilines is 1. The van der Waals surface area contributed by atoms with Gasteiger partial charge in [-0.1, -0.05) is 12.1 Å². The number of hydrogen-bond acceptors (Lipinski definition) is 3. The highest BCUT2D eigenvalue weighted by atomic mass is 16.2. The van der Waals surface area contributed by atoms with Gasteiger partial charge in [0.25, 0.3) is 11.7 Å². The summed E-state index contributed by atoms with van der Waals surface area (Å²) in [7, 11) is 0. The maximum absolute atomic E-state index is 11.9. The van der Waals surface area contributed by atoms with Crippen molar-refractivity contribution in [2.75, 3.05) is 11.4 Å². The van der Waals surface area contributed by atoms with Crippen LogP contribution in [-0.4, -0.2) is 28.0 Å². The molecule has 1 aromatic heterocycles. The number of carbonyl (C=O) groups is 2. The number of rotatable bonds is 3. The first kappa shape index (κ1) is 10.7. The number of benzene rings is 1. The molecule has 0 saturated carbocycles. The topological polar surface area (TPSA) is 55.2 Å². The molecule has 0 unspecified atom stereocenters. The van der Waals surface area contributed by atoms with Gasteiger partial charge in [0, 0.05) is 18.9 Å². The minimum atomic E-state index is -0.455. The Morgan fingerprint density at radius 3 is 2.67 bits per heavy atom. The van der Waals surface area contributed by atoms with Crippen LogP contribution in [0.5, 0.6) is 0 Å². The summed E-state index contributed by atoms with van der Waals surface area (Å²) in [6, 6.07) is 8.89. The molecule has 0 N–H and O–H groups in total. The van der Waals surface area contributed by atoms with Crippen molar-refractivity contribution < 1.29 is 9.59 Å². The summed E-state index contributed by atoms with van der Waals surface area (Å²) in [6.07, 6.45) is 3.51. The fraction of sp³-hybridized carbons (Fsp3) is 0.154. The zero-order valence-corrected chi connectivity index (χ0v) is 9.61. The third-order valence-corrected chi connectivity index (χ3v) is 2.99. The highest BCUT2D eigenvalue weighted by Gasteiger charge is 2.34. The molecule has 18 heavy (non-hydrogen) atoms. The van der Waals surface area contributed by atoms with E-state index in [1.54, 1.807) is 29.1 Å². The van der Waals surface area contributed by atoms with E-state index < -0.39 is 11.7 Å². The van der Waals surface area contributed by atoms with E-state index in [1.165, 1.54) is 4.90 Å². The van der Waals surface area contributed by atoms with Crippen molar-refractivity contribution in [2.45, 2.75) is 6.54 Å². The summed E-state index contributed by atoms with van der Waals surface area (Å²) in [5, 5.41) is 4.07. The van der Waals surface area contributed by atoms with Crippen molar-refractivity contribution in [3.05, 3.63) is 48.3 Å². The second-order valence-corrected chi connectivity index (χ2v) is 4.07. The largest absolute Gasteiger partial charge is 0.303 e. The minimum Gasteiger partial charge on any atom is -0.303 e. The molecule has 0 aliphatic carbocycles. The standard InChI is InChI=1S/C13H11N3O2/c17-12-10-4-1-2-5-11(10)16(13(12)18)9-8-15-7-3-6-14-15/h1-7H,8-9H2. The first-order chi connectivity index (χ1) is 8.77. The number of Topliss-reactive ketones (excluding diaryl/α,β-unsaturated/α-hetero) is 1. The van der Waals surface area contributed by atoms with Crippen LogP contribution in [0.15, 0.2) is 42.7 Å². The van der Waals surface area contributed by atoms with Crippen LogP contribution in [-0.2, 0) is 11.3 Å². The van der Waals surface area contributed by atoms with E-state index in [9.17, 15) is 9.59 Å². The molecule has 0 spiro atoms. The van der Waals surface area contributed by atoms with Crippen molar-refractivity contribution >= 4 is 17.4 Å². The van der Waals surface area contributed by atoms with E-state index in [4.69, 9.17) is 0 Å². The van der Waals surface area contributed by atoms with E-state index in [0.717, 1.165) is 0 Å². The maximum atomic E-state index is 11.9. The zero-order chi connectivity index (χ0) is 12.5.